The molecule has 59 heavy (non-hydrogen) atoms. The van der Waals surface area contributed by atoms with Crippen molar-refractivity contribution in [3.05, 3.63) is 108 Å². The summed E-state index contributed by atoms with van der Waals surface area (Å²) in [4.78, 5) is 39.8. The summed E-state index contributed by atoms with van der Waals surface area (Å²) in [5.41, 5.74) is 4.29. The molecule has 0 unspecified atom stereocenters. The lowest BCUT2D eigenvalue weighted by Crippen LogP contribution is -2.66. The minimum Gasteiger partial charge on any atom is -0.465 e. The number of likely N-dealkylation sites (tertiary alicyclic amines) is 1. The molecule has 4 heterocycles. The van der Waals surface area contributed by atoms with Gasteiger partial charge in [-0.05, 0) is 64.2 Å². The van der Waals surface area contributed by atoms with Gasteiger partial charge in [0.15, 0.2) is 5.82 Å². The van der Waals surface area contributed by atoms with Crippen molar-refractivity contribution in [2.75, 3.05) is 37.4 Å². The predicted octanol–water partition coefficient (Wildman–Crippen LogP) is 8.01. The number of ether oxygens (including phenoxy) is 1. The van der Waals surface area contributed by atoms with E-state index in [1.54, 1.807) is 12.4 Å². The van der Waals surface area contributed by atoms with Crippen molar-refractivity contribution >= 4 is 64.6 Å². The van der Waals surface area contributed by atoms with Gasteiger partial charge in [-0.15, -0.1) is 0 Å². The maximum atomic E-state index is 12.4. The van der Waals surface area contributed by atoms with Crippen molar-refractivity contribution in [2.45, 2.75) is 83.3 Å². The number of amides is 2. The highest BCUT2D eigenvalue weighted by atomic mass is 28.4. The molecule has 1 fully saturated rings. The molecule has 14 heteroatoms. The quantitative estimate of drug-likeness (QED) is 0.0921. The van der Waals surface area contributed by atoms with Crippen molar-refractivity contribution in [1.82, 2.24) is 29.6 Å². The number of carbonyl (C=O) groups is 2. The Hall–Kier alpha value is -5.86. The van der Waals surface area contributed by atoms with E-state index in [0.717, 1.165) is 42.1 Å². The Morgan fingerprint density at radius 1 is 0.932 bits per heavy atom. The van der Waals surface area contributed by atoms with Crippen molar-refractivity contribution in [2.24, 2.45) is 0 Å². The van der Waals surface area contributed by atoms with Crippen LogP contribution in [0.15, 0.2) is 97.3 Å². The molecule has 1 aliphatic rings. The Morgan fingerprint density at radius 3 is 2.25 bits per heavy atom. The van der Waals surface area contributed by atoms with Crippen LogP contribution in [0.2, 0.25) is 5.04 Å². The summed E-state index contributed by atoms with van der Waals surface area (Å²) in [6.07, 6.45) is 5.96. The van der Waals surface area contributed by atoms with Crippen molar-refractivity contribution in [3.8, 4) is 0 Å². The third kappa shape index (κ3) is 8.79. The molecule has 6 aromatic rings. The molecule has 0 radical (unpaired) electrons. The van der Waals surface area contributed by atoms with Crippen LogP contribution in [-0.2, 0) is 15.7 Å². The van der Waals surface area contributed by atoms with Gasteiger partial charge >= 0.3 is 12.2 Å². The fraction of sp³-hybridized carbons (Fsp3) is 0.378. The van der Waals surface area contributed by atoms with Crippen LogP contribution >= 0.6 is 0 Å². The number of benzene rings is 3. The lowest BCUT2D eigenvalue weighted by atomic mass is 9.86. The van der Waals surface area contributed by atoms with Crippen LogP contribution in [0.3, 0.4) is 0 Å². The zero-order valence-corrected chi connectivity index (χ0v) is 35.5. The van der Waals surface area contributed by atoms with Gasteiger partial charge in [-0.3, -0.25) is 15.0 Å². The second-order valence-electron chi connectivity index (χ2n) is 16.2. The Kier molecular flexibility index (Phi) is 12.6. The van der Waals surface area contributed by atoms with Crippen LogP contribution < -0.4 is 21.0 Å². The zero-order valence-electron chi connectivity index (χ0n) is 34.5. The molecule has 0 saturated carbocycles. The van der Waals surface area contributed by atoms with Crippen LogP contribution in [0.25, 0.3) is 21.9 Å². The maximum absolute atomic E-state index is 12.4. The molecule has 3 aromatic carbocycles. The minimum atomic E-state index is -2.75. The van der Waals surface area contributed by atoms with Gasteiger partial charge in [0, 0.05) is 37.3 Å². The molecule has 0 spiro atoms. The standard InChI is InChI=1S/C45H54N8O5Si/c1-6-14-33(24-28-58-59(45(2,3)4,34-15-9-7-10-16-34)35-17-11-8-12-18-35)48-41-40-38(49-42(50-41)51-43(54)57-5)29-47-53(40)30-32-20-21-36(37-19-13-25-46-39(32)37)31-22-26-52(27-23-31)44(55)56/h7-13,15-21,25,29,31,33H,6,14,22-24,26-28,30H2,1-5H3,(H,55,56)(H2,48,49,50,51,54)/t33-/m0/s1. The molecule has 0 bridgehead atoms. The van der Waals surface area contributed by atoms with Gasteiger partial charge in [-0.25, -0.2) is 14.6 Å². The number of carboxylic acid groups (broad SMARTS) is 1. The number of nitrogens with zero attached hydrogens (tertiary/aromatic N) is 6. The molecule has 2 amide bonds. The second kappa shape index (κ2) is 18.0. The maximum Gasteiger partial charge on any atom is 0.413 e. The molecule has 13 nitrogen and oxygen atoms in total. The summed E-state index contributed by atoms with van der Waals surface area (Å²) in [6, 6.07) is 29.6. The van der Waals surface area contributed by atoms with Crippen LogP contribution in [0.5, 0.6) is 0 Å². The van der Waals surface area contributed by atoms with E-state index in [1.807, 2.05) is 10.7 Å². The molecule has 308 valence electrons. The summed E-state index contributed by atoms with van der Waals surface area (Å²) in [7, 11) is -1.45. The highest BCUT2D eigenvalue weighted by Gasteiger charge is 2.50. The fourth-order valence-corrected chi connectivity index (χ4v) is 13.2. The molecule has 1 atom stereocenters. The summed E-state index contributed by atoms with van der Waals surface area (Å²) >= 11 is 0. The molecule has 7 rings (SSSR count). The minimum absolute atomic E-state index is 0.0278. The van der Waals surface area contributed by atoms with Crippen LogP contribution in [0, 0.1) is 0 Å². The van der Waals surface area contributed by atoms with E-state index in [9.17, 15) is 14.7 Å². The highest BCUT2D eigenvalue weighted by molar-refractivity contribution is 6.99. The number of nitrogens with one attached hydrogen (secondary N) is 2. The number of rotatable bonds is 14. The molecule has 1 aliphatic heterocycles. The Labute approximate surface area is 346 Å². The lowest BCUT2D eigenvalue weighted by molar-refractivity contribution is 0.132. The van der Waals surface area contributed by atoms with E-state index in [-0.39, 0.29) is 22.9 Å². The first-order valence-electron chi connectivity index (χ1n) is 20.5. The summed E-state index contributed by atoms with van der Waals surface area (Å²) in [6.45, 7) is 11.0. The number of fused-ring (bicyclic) bond motifs is 2. The van der Waals surface area contributed by atoms with Crippen LogP contribution in [0.4, 0.5) is 21.4 Å². The zero-order chi connectivity index (χ0) is 41.6. The van der Waals surface area contributed by atoms with Crippen molar-refractivity contribution in [3.63, 3.8) is 0 Å². The third-order valence-electron chi connectivity index (χ3n) is 11.5. The predicted molar refractivity (Wildman–Crippen MR) is 234 cm³/mol. The summed E-state index contributed by atoms with van der Waals surface area (Å²) in [5, 5.41) is 24.1. The summed E-state index contributed by atoms with van der Waals surface area (Å²) in [5.74, 6) is 0.885. The lowest BCUT2D eigenvalue weighted by Gasteiger charge is -2.43. The monoisotopic (exact) mass is 814 g/mol. The average Bonchev–Trinajstić information content (AvgIpc) is 3.65. The van der Waals surface area contributed by atoms with Crippen LogP contribution in [0.1, 0.15) is 76.8 Å². The summed E-state index contributed by atoms with van der Waals surface area (Å²) < 4.78 is 14.1. The van der Waals surface area contributed by atoms with Gasteiger partial charge in [0.2, 0.25) is 5.95 Å². The van der Waals surface area contributed by atoms with E-state index in [0.29, 0.717) is 49.5 Å². The van der Waals surface area contributed by atoms with E-state index in [4.69, 9.17) is 24.2 Å². The average molecular weight is 815 g/mol. The fourth-order valence-electron chi connectivity index (χ4n) is 8.64. The van der Waals surface area contributed by atoms with Gasteiger partial charge in [-0.1, -0.05) is 113 Å². The number of aromatic nitrogens is 5. The third-order valence-corrected chi connectivity index (χ3v) is 16.5. The van der Waals surface area contributed by atoms with E-state index >= 15 is 0 Å². The first-order valence-corrected chi connectivity index (χ1v) is 22.4. The van der Waals surface area contributed by atoms with Gasteiger partial charge in [0.05, 0.1) is 25.4 Å². The largest absolute Gasteiger partial charge is 0.465 e. The highest BCUT2D eigenvalue weighted by Crippen LogP contribution is 2.38. The van der Waals surface area contributed by atoms with E-state index < -0.39 is 20.5 Å². The number of anilines is 2. The van der Waals surface area contributed by atoms with Gasteiger partial charge in [-0.2, -0.15) is 10.1 Å². The molecular formula is C45H54N8O5Si. The van der Waals surface area contributed by atoms with E-state index in [1.165, 1.54) is 27.9 Å². The molecule has 3 aromatic heterocycles. The number of piperidine rings is 1. The Morgan fingerprint density at radius 2 is 1.63 bits per heavy atom. The molecular weight excluding hydrogens is 761 g/mol. The van der Waals surface area contributed by atoms with Gasteiger partial charge in [0.25, 0.3) is 8.32 Å². The molecule has 0 aliphatic carbocycles. The number of methoxy groups -OCH3 is 1. The van der Waals surface area contributed by atoms with Gasteiger partial charge < -0.3 is 24.5 Å². The number of hydrogen-bond acceptors (Lipinski definition) is 9. The normalized spacial score (nSPS) is 14.4. The first-order chi connectivity index (χ1) is 28.5. The number of pyridine rings is 1. The van der Waals surface area contributed by atoms with Crippen molar-refractivity contribution < 1.29 is 23.9 Å². The number of hydrogen-bond donors (Lipinski definition) is 3. The van der Waals surface area contributed by atoms with Gasteiger partial charge in [0.1, 0.15) is 11.0 Å². The molecule has 3 N–H and O–H groups in total. The van der Waals surface area contributed by atoms with Crippen molar-refractivity contribution in [1.29, 1.82) is 0 Å². The smallest absolute Gasteiger partial charge is 0.413 e. The molecule has 1 saturated heterocycles. The topological polar surface area (TPSA) is 157 Å². The van der Waals surface area contributed by atoms with E-state index in [2.05, 4.69) is 122 Å². The Balaban J connectivity index is 1.20. The van der Waals surface area contributed by atoms with Crippen LogP contribution in [-0.4, -0.2) is 88.1 Å². The Bertz CT molecular complexity index is 2340. The SMILES string of the molecule is CCC[C@@H](CCO[Si](c1ccccc1)(c1ccccc1)C(C)(C)C)Nc1nc(NC(=O)OC)nc2cnn(Cc3ccc(C4CCN(C(=O)O)CC4)c4cccnc34)c12. The second-order valence-corrected chi connectivity index (χ2v) is 20.5. The first kappa shape index (κ1) is 41.3. The number of carbonyl (C=O) groups excluding carboxylic acids is 1.